The van der Waals surface area contributed by atoms with E-state index in [0.29, 0.717) is 11.3 Å². The lowest BCUT2D eigenvalue weighted by molar-refractivity contribution is 0.198. The predicted octanol–water partition coefficient (Wildman–Crippen LogP) is 2.61. The first-order valence-electron chi connectivity index (χ1n) is 5.95. The summed E-state index contributed by atoms with van der Waals surface area (Å²) in [7, 11) is 0. The number of hydrogen-bond acceptors (Lipinski definition) is 3. The van der Waals surface area contributed by atoms with Crippen LogP contribution in [0, 0.1) is 5.82 Å². The van der Waals surface area contributed by atoms with Gasteiger partial charge in [-0.05, 0) is 37.3 Å². The molecule has 0 radical (unpaired) electrons. The molecule has 0 aliphatic carbocycles. The molecule has 0 bridgehead atoms. The summed E-state index contributed by atoms with van der Waals surface area (Å²) in [5.41, 5.74) is 2.68. The minimum atomic E-state index is -0.784. The molecule has 5 heteroatoms. The zero-order chi connectivity index (χ0) is 13.4. The molecular formula is C14H12FN3O. The molecule has 4 nitrogen and oxygen atoms in total. The fourth-order valence-electron chi connectivity index (χ4n) is 2.10. The van der Waals surface area contributed by atoms with Gasteiger partial charge in [-0.3, -0.25) is 0 Å². The van der Waals surface area contributed by atoms with Crippen molar-refractivity contribution in [3.05, 3.63) is 53.8 Å². The molecule has 0 unspecified atom stereocenters. The lowest BCUT2D eigenvalue weighted by Crippen LogP contribution is -2.04. The molecule has 0 aliphatic heterocycles. The van der Waals surface area contributed by atoms with E-state index in [9.17, 15) is 9.50 Å². The Kier molecular flexibility index (Phi) is 2.76. The summed E-state index contributed by atoms with van der Waals surface area (Å²) in [5.74, 6) is -0.385. The monoisotopic (exact) mass is 257 g/mol. The molecule has 2 aromatic carbocycles. The minimum absolute atomic E-state index is 0.385. The number of para-hydroxylation sites is 1. The normalized spacial score (nSPS) is 12.8. The molecule has 1 aromatic heterocycles. The maximum Gasteiger partial charge on any atom is 0.123 e. The zero-order valence-corrected chi connectivity index (χ0v) is 10.3. The van der Waals surface area contributed by atoms with Gasteiger partial charge in [-0.15, -0.1) is 5.10 Å². The van der Waals surface area contributed by atoms with Gasteiger partial charge >= 0.3 is 0 Å². The van der Waals surface area contributed by atoms with E-state index in [4.69, 9.17) is 0 Å². The van der Waals surface area contributed by atoms with Crippen LogP contribution in [-0.2, 0) is 0 Å². The van der Waals surface area contributed by atoms with Gasteiger partial charge in [0, 0.05) is 5.56 Å². The third kappa shape index (κ3) is 1.98. The highest BCUT2D eigenvalue weighted by Gasteiger charge is 2.14. The molecule has 3 rings (SSSR count). The van der Waals surface area contributed by atoms with E-state index in [1.54, 1.807) is 17.7 Å². The topological polar surface area (TPSA) is 50.9 Å². The van der Waals surface area contributed by atoms with Crippen molar-refractivity contribution >= 4 is 11.0 Å². The van der Waals surface area contributed by atoms with Crippen LogP contribution in [0.25, 0.3) is 16.7 Å². The fraction of sp³-hybridized carbons (Fsp3) is 0.143. The van der Waals surface area contributed by atoms with Gasteiger partial charge in [0.15, 0.2) is 0 Å². The molecule has 0 spiro atoms. The Labute approximate surface area is 109 Å². The molecule has 3 aromatic rings. The van der Waals surface area contributed by atoms with Crippen LogP contribution in [0.5, 0.6) is 0 Å². The first-order chi connectivity index (χ1) is 9.16. The minimum Gasteiger partial charge on any atom is -0.389 e. The largest absolute Gasteiger partial charge is 0.389 e. The molecule has 1 atom stereocenters. The van der Waals surface area contributed by atoms with E-state index >= 15 is 0 Å². The van der Waals surface area contributed by atoms with Crippen molar-refractivity contribution < 1.29 is 9.50 Å². The SMILES string of the molecule is C[C@H](O)c1cc(F)ccc1-n1nnc2ccccc21. The third-order valence-corrected chi connectivity index (χ3v) is 3.02. The van der Waals surface area contributed by atoms with Crippen LogP contribution in [-0.4, -0.2) is 20.1 Å². The van der Waals surface area contributed by atoms with Gasteiger partial charge in [-0.1, -0.05) is 17.3 Å². The lowest BCUT2D eigenvalue weighted by Gasteiger charge is -2.12. The highest BCUT2D eigenvalue weighted by Crippen LogP contribution is 2.24. The predicted molar refractivity (Wildman–Crippen MR) is 69.5 cm³/mol. The van der Waals surface area contributed by atoms with Gasteiger partial charge in [0.2, 0.25) is 0 Å². The van der Waals surface area contributed by atoms with Gasteiger partial charge in [0.1, 0.15) is 11.3 Å². The van der Waals surface area contributed by atoms with Crippen LogP contribution in [0.4, 0.5) is 4.39 Å². The van der Waals surface area contributed by atoms with Gasteiger partial charge in [0.05, 0.1) is 17.3 Å². The van der Waals surface area contributed by atoms with E-state index in [1.165, 1.54) is 12.1 Å². The Morgan fingerprint density at radius 2 is 2.00 bits per heavy atom. The maximum absolute atomic E-state index is 13.3. The van der Waals surface area contributed by atoms with E-state index < -0.39 is 6.10 Å². The second kappa shape index (κ2) is 4.44. The number of benzene rings is 2. The van der Waals surface area contributed by atoms with Gasteiger partial charge < -0.3 is 5.11 Å². The molecule has 1 heterocycles. The van der Waals surface area contributed by atoms with Crippen molar-refractivity contribution in [1.29, 1.82) is 0 Å². The lowest BCUT2D eigenvalue weighted by atomic mass is 10.1. The molecular weight excluding hydrogens is 245 g/mol. The summed E-state index contributed by atoms with van der Waals surface area (Å²) in [4.78, 5) is 0. The van der Waals surface area contributed by atoms with E-state index in [1.807, 2.05) is 24.3 Å². The fourth-order valence-corrected chi connectivity index (χ4v) is 2.10. The number of halogens is 1. The van der Waals surface area contributed by atoms with Crippen molar-refractivity contribution in [3.8, 4) is 5.69 Å². The number of aromatic nitrogens is 3. The third-order valence-electron chi connectivity index (χ3n) is 3.02. The van der Waals surface area contributed by atoms with Gasteiger partial charge in [0.25, 0.3) is 0 Å². The average molecular weight is 257 g/mol. The molecule has 1 N–H and O–H groups in total. The molecule has 0 fully saturated rings. The van der Waals surface area contributed by atoms with Crippen LogP contribution < -0.4 is 0 Å². The number of hydrogen-bond donors (Lipinski definition) is 1. The second-order valence-electron chi connectivity index (χ2n) is 4.37. The summed E-state index contributed by atoms with van der Waals surface area (Å²) in [6, 6.07) is 11.7. The summed E-state index contributed by atoms with van der Waals surface area (Å²) in [5, 5.41) is 17.9. The molecule has 0 saturated carbocycles. The second-order valence-corrected chi connectivity index (χ2v) is 4.37. The van der Waals surface area contributed by atoms with Crippen LogP contribution in [0.1, 0.15) is 18.6 Å². The van der Waals surface area contributed by atoms with E-state index in [-0.39, 0.29) is 5.82 Å². The van der Waals surface area contributed by atoms with E-state index in [2.05, 4.69) is 10.3 Å². The molecule has 19 heavy (non-hydrogen) atoms. The number of rotatable bonds is 2. The molecule has 96 valence electrons. The van der Waals surface area contributed by atoms with Crippen molar-refractivity contribution in [2.75, 3.05) is 0 Å². The summed E-state index contributed by atoms with van der Waals surface area (Å²) >= 11 is 0. The number of aliphatic hydroxyl groups excluding tert-OH is 1. The Morgan fingerprint density at radius 3 is 2.79 bits per heavy atom. The Morgan fingerprint density at radius 1 is 1.21 bits per heavy atom. The Hall–Kier alpha value is -2.27. The number of fused-ring (bicyclic) bond motifs is 1. The summed E-state index contributed by atoms with van der Waals surface area (Å²) < 4.78 is 14.9. The summed E-state index contributed by atoms with van der Waals surface area (Å²) in [6.07, 6.45) is -0.784. The Balaban J connectivity index is 2.27. The molecule has 0 saturated heterocycles. The van der Waals surface area contributed by atoms with Crippen molar-refractivity contribution in [2.45, 2.75) is 13.0 Å². The first kappa shape index (κ1) is 11.8. The van der Waals surface area contributed by atoms with Crippen LogP contribution in [0.3, 0.4) is 0 Å². The Bertz CT molecular complexity index is 736. The average Bonchev–Trinajstić information content (AvgIpc) is 2.82. The van der Waals surface area contributed by atoms with Crippen molar-refractivity contribution in [3.63, 3.8) is 0 Å². The van der Waals surface area contributed by atoms with Gasteiger partial charge in [-0.2, -0.15) is 0 Å². The highest BCUT2D eigenvalue weighted by molar-refractivity contribution is 5.76. The van der Waals surface area contributed by atoms with Crippen LogP contribution in [0.15, 0.2) is 42.5 Å². The number of aliphatic hydroxyl groups is 1. The molecule has 0 amide bonds. The zero-order valence-electron chi connectivity index (χ0n) is 10.3. The van der Waals surface area contributed by atoms with E-state index in [0.717, 1.165) is 11.0 Å². The maximum atomic E-state index is 13.3. The quantitative estimate of drug-likeness (QED) is 0.767. The van der Waals surface area contributed by atoms with Crippen LogP contribution >= 0.6 is 0 Å². The molecule has 0 aliphatic rings. The first-order valence-corrected chi connectivity index (χ1v) is 5.95. The number of nitrogens with zero attached hydrogens (tertiary/aromatic N) is 3. The smallest absolute Gasteiger partial charge is 0.123 e. The summed E-state index contributed by atoms with van der Waals surface area (Å²) in [6.45, 7) is 1.59. The standard InChI is InChI=1S/C14H12FN3O/c1-9(19)11-8-10(15)6-7-13(11)18-14-5-3-2-4-12(14)16-17-18/h2-9,19H,1H3/t9-/m0/s1. The van der Waals surface area contributed by atoms with Crippen molar-refractivity contribution in [2.24, 2.45) is 0 Å². The van der Waals surface area contributed by atoms with Crippen LogP contribution in [0.2, 0.25) is 0 Å². The van der Waals surface area contributed by atoms with Crippen molar-refractivity contribution in [1.82, 2.24) is 15.0 Å². The van der Waals surface area contributed by atoms with Gasteiger partial charge in [-0.25, -0.2) is 9.07 Å². The highest BCUT2D eigenvalue weighted by atomic mass is 19.1.